The summed E-state index contributed by atoms with van der Waals surface area (Å²) >= 11 is 7.08. The first-order valence-electron chi connectivity index (χ1n) is 10.2. The first-order chi connectivity index (χ1) is 16.4. The molecule has 176 valence electrons. The lowest BCUT2D eigenvalue weighted by atomic mass is 10.1. The van der Waals surface area contributed by atoms with Crippen molar-refractivity contribution in [3.63, 3.8) is 0 Å². The van der Waals surface area contributed by atoms with E-state index >= 15 is 0 Å². The van der Waals surface area contributed by atoms with Gasteiger partial charge in [0.25, 0.3) is 5.91 Å². The van der Waals surface area contributed by atoms with Gasteiger partial charge < -0.3 is 18.6 Å². The summed E-state index contributed by atoms with van der Waals surface area (Å²) < 4.78 is 23.1. The van der Waals surface area contributed by atoms with Crippen molar-refractivity contribution in [3.05, 3.63) is 64.5 Å². The molecule has 0 spiro atoms. The van der Waals surface area contributed by atoms with Gasteiger partial charge >= 0.3 is 0 Å². The molecule has 1 amide bonds. The Morgan fingerprint density at radius 3 is 2.71 bits per heavy atom. The fourth-order valence-electron chi connectivity index (χ4n) is 3.05. The largest absolute Gasteiger partial charge is 0.488 e. The maximum atomic E-state index is 12.9. The summed E-state index contributed by atoms with van der Waals surface area (Å²) in [5.74, 6) is 1.85. The standard InChI is InChI=1S/C23H21ClN4O5S/c1-13(12-30-3)31-18-8-16(21(29)26-23-25-11-20(24)34-23)9-19(10-18)33-17-6-4-5-15(7-17)22-28-27-14(2)32-22/h4-11,13H,12H2,1-3H3,(H,25,26,29). The number of anilines is 1. The predicted molar refractivity (Wildman–Crippen MR) is 128 cm³/mol. The van der Waals surface area contributed by atoms with Crippen molar-refractivity contribution < 1.29 is 23.4 Å². The molecule has 34 heavy (non-hydrogen) atoms. The van der Waals surface area contributed by atoms with Gasteiger partial charge in [0.05, 0.1) is 12.8 Å². The molecule has 0 aliphatic carbocycles. The van der Waals surface area contributed by atoms with Crippen molar-refractivity contribution in [1.82, 2.24) is 15.2 Å². The van der Waals surface area contributed by atoms with Gasteiger partial charge in [0.1, 0.15) is 27.7 Å². The number of nitrogens with zero attached hydrogens (tertiary/aromatic N) is 3. The molecule has 0 saturated heterocycles. The number of aryl methyl sites for hydroxylation is 1. The minimum absolute atomic E-state index is 0.238. The number of rotatable bonds is 9. The summed E-state index contributed by atoms with van der Waals surface area (Å²) in [7, 11) is 1.59. The smallest absolute Gasteiger partial charge is 0.257 e. The third-order valence-electron chi connectivity index (χ3n) is 4.42. The first kappa shape index (κ1) is 23.7. The van der Waals surface area contributed by atoms with Gasteiger partial charge in [-0.2, -0.15) is 0 Å². The van der Waals surface area contributed by atoms with Gasteiger partial charge in [0, 0.05) is 31.2 Å². The number of thiazole rings is 1. The highest BCUT2D eigenvalue weighted by Crippen LogP contribution is 2.31. The Hall–Kier alpha value is -3.47. The van der Waals surface area contributed by atoms with E-state index < -0.39 is 0 Å². The van der Waals surface area contributed by atoms with Crippen LogP contribution in [-0.4, -0.2) is 40.9 Å². The number of hydrogen-bond donors (Lipinski definition) is 1. The number of carbonyl (C=O) groups is 1. The molecule has 2 heterocycles. The fraction of sp³-hybridized carbons (Fsp3) is 0.217. The SMILES string of the molecule is COCC(C)Oc1cc(Oc2cccc(-c3nnc(C)o3)c2)cc(C(=O)Nc2ncc(Cl)s2)c1. The minimum Gasteiger partial charge on any atom is -0.488 e. The maximum absolute atomic E-state index is 12.9. The van der Waals surface area contributed by atoms with Crippen LogP contribution in [0.25, 0.3) is 11.5 Å². The molecule has 11 heteroatoms. The van der Waals surface area contributed by atoms with Crippen LogP contribution in [0.2, 0.25) is 4.34 Å². The van der Waals surface area contributed by atoms with Crippen LogP contribution >= 0.6 is 22.9 Å². The lowest BCUT2D eigenvalue weighted by molar-refractivity contribution is 0.0916. The van der Waals surface area contributed by atoms with Crippen LogP contribution in [0.1, 0.15) is 23.2 Å². The number of halogens is 1. The Morgan fingerprint density at radius 1 is 1.18 bits per heavy atom. The van der Waals surface area contributed by atoms with E-state index in [2.05, 4.69) is 20.5 Å². The molecule has 9 nitrogen and oxygen atoms in total. The lowest BCUT2D eigenvalue weighted by Gasteiger charge is -2.16. The van der Waals surface area contributed by atoms with Crippen molar-refractivity contribution in [2.45, 2.75) is 20.0 Å². The molecule has 0 bridgehead atoms. The number of methoxy groups -OCH3 is 1. The monoisotopic (exact) mass is 500 g/mol. The topological polar surface area (TPSA) is 109 Å². The average molecular weight is 501 g/mol. The molecule has 0 fully saturated rings. The van der Waals surface area contributed by atoms with Crippen molar-refractivity contribution in [1.29, 1.82) is 0 Å². The zero-order chi connectivity index (χ0) is 24.1. The van der Waals surface area contributed by atoms with Crippen molar-refractivity contribution >= 4 is 34.0 Å². The van der Waals surface area contributed by atoms with E-state index in [1.807, 2.05) is 19.1 Å². The molecule has 2 aromatic carbocycles. The Kier molecular flexibility index (Phi) is 7.41. The number of amides is 1. The Labute approximate surface area is 204 Å². The first-order valence-corrected chi connectivity index (χ1v) is 11.4. The normalized spacial score (nSPS) is 11.8. The summed E-state index contributed by atoms with van der Waals surface area (Å²) in [4.78, 5) is 16.9. The highest BCUT2D eigenvalue weighted by Gasteiger charge is 2.15. The van der Waals surface area contributed by atoms with Gasteiger partial charge in [0.2, 0.25) is 11.8 Å². The number of hydrogen-bond acceptors (Lipinski definition) is 9. The second-order valence-electron chi connectivity index (χ2n) is 7.26. The lowest BCUT2D eigenvalue weighted by Crippen LogP contribution is -2.18. The highest BCUT2D eigenvalue weighted by molar-refractivity contribution is 7.19. The van der Waals surface area contributed by atoms with E-state index in [4.69, 9.17) is 30.2 Å². The highest BCUT2D eigenvalue weighted by atomic mass is 35.5. The third-order valence-corrected chi connectivity index (χ3v) is 5.45. The average Bonchev–Trinajstić information content (AvgIpc) is 3.41. The van der Waals surface area contributed by atoms with Crippen LogP contribution in [0.5, 0.6) is 17.2 Å². The van der Waals surface area contributed by atoms with E-state index in [-0.39, 0.29) is 12.0 Å². The van der Waals surface area contributed by atoms with Gasteiger partial charge in [-0.1, -0.05) is 29.0 Å². The molecule has 0 aliphatic heterocycles. The molecule has 1 N–H and O–H groups in total. The van der Waals surface area contributed by atoms with Gasteiger partial charge in [-0.05, 0) is 37.3 Å². The van der Waals surface area contributed by atoms with Crippen LogP contribution < -0.4 is 14.8 Å². The molecule has 0 radical (unpaired) electrons. The molecule has 1 atom stereocenters. The van der Waals surface area contributed by atoms with Crippen LogP contribution in [-0.2, 0) is 4.74 Å². The summed E-state index contributed by atoms with van der Waals surface area (Å²) in [5.41, 5.74) is 1.03. The van der Waals surface area contributed by atoms with Crippen molar-refractivity contribution in [3.8, 4) is 28.7 Å². The van der Waals surface area contributed by atoms with Crippen LogP contribution in [0.3, 0.4) is 0 Å². The second kappa shape index (κ2) is 10.6. The minimum atomic E-state index is -0.379. The molecule has 0 aliphatic rings. The molecule has 0 saturated carbocycles. The van der Waals surface area contributed by atoms with E-state index in [0.717, 1.165) is 11.3 Å². The number of aromatic nitrogens is 3. The van der Waals surface area contributed by atoms with Crippen molar-refractivity contribution in [2.75, 3.05) is 19.0 Å². The zero-order valence-corrected chi connectivity index (χ0v) is 20.1. The quantitative estimate of drug-likeness (QED) is 0.315. The molecule has 4 aromatic rings. The number of nitrogens with one attached hydrogen (secondary N) is 1. The van der Waals surface area contributed by atoms with Crippen LogP contribution in [0.15, 0.2) is 53.1 Å². The fourth-order valence-corrected chi connectivity index (χ4v) is 3.86. The molecular formula is C23H21ClN4O5S. The predicted octanol–water partition coefficient (Wildman–Crippen LogP) is 5.61. The third kappa shape index (κ3) is 6.10. The number of ether oxygens (including phenoxy) is 3. The molecular weight excluding hydrogens is 480 g/mol. The molecule has 4 rings (SSSR count). The Balaban J connectivity index is 1.61. The van der Waals surface area contributed by atoms with Gasteiger partial charge in [-0.3, -0.25) is 10.1 Å². The van der Waals surface area contributed by atoms with Crippen molar-refractivity contribution in [2.24, 2.45) is 0 Å². The summed E-state index contributed by atoms with van der Waals surface area (Å²) in [6, 6.07) is 12.1. The Bertz CT molecular complexity index is 1290. The van der Waals surface area contributed by atoms with Crippen LogP contribution in [0.4, 0.5) is 5.13 Å². The molecule has 2 aromatic heterocycles. The summed E-state index contributed by atoms with van der Waals surface area (Å²) in [5, 5.41) is 11.0. The number of carbonyl (C=O) groups excluding carboxylic acids is 1. The maximum Gasteiger partial charge on any atom is 0.257 e. The van der Waals surface area contributed by atoms with E-state index in [9.17, 15) is 4.79 Å². The second-order valence-corrected chi connectivity index (χ2v) is 8.92. The van der Waals surface area contributed by atoms with Gasteiger partial charge in [0.15, 0.2) is 5.13 Å². The van der Waals surface area contributed by atoms with Gasteiger partial charge in [-0.25, -0.2) is 4.98 Å². The number of benzene rings is 2. The van der Waals surface area contributed by atoms with Gasteiger partial charge in [-0.15, -0.1) is 10.2 Å². The summed E-state index contributed by atoms with van der Waals surface area (Å²) in [6.07, 6.45) is 1.23. The summed E-state index contributed by atoms with van der Waals surface area (Å²) in [6.45, 7) is 3.97. The zero-order valence-electron chi connectivity index (χ0n) is 18.6. The Morgan fingerprint density at radius 2 is 2.00 bits per heavy atom. The van der Waals surface area contributed by atoms with E-state index in [0.29, 0.717) is 56.2 Å². The van der Waals surface area contributed by atoms with E-state index in [1.54, 1.807) is 44.4 Å². The van der Waals surface area contributed by atoms with E-state index in [1.165, 1.54) is 6.20 Å². The molecule has 1 unspecified atom stereocenters. The van der Waals surface area contributed by atoms with Crippen LogP contribution in [0, 0.1) is 6.92 Å².